The number of halogens is 2. The summed E-state index contributed by atoms with van der Waals surface area (Å²) in [6.07, 6.45) is 2.30. The SMILES string of the molecule is Cc1ccc([C@H](N)CCCCN)c(F)c1F. The van der Waals surface area contributed by atoms with Gasteiger partial charge >= 0.3 is 0 Å². The zero-order valence-corrected chi connectivity index (χ0v) is 9.47. The van der Waals surface area contributed by atoms with Crippen LogP contribution in [0.3, 0.4) is 0 Å². The predicted octanol–water partition coefficient (Wildman–Crippen LogP) is 2.40. The van der Waals surface area contributed by atoms with Gasteiger partial charge in [0, 0.05) is 11.6 Å². The molecule has 4 N–H and O–H groups in total. The Kier molecular flexibility index (Phi) is 4.83. The van der Waals surface area contributed by atoms with Gasteiger partial charge in [0.1, 0.15) is 0 Å². The molecule has 4 heteroatoms. The first-order valence-electron chi connectivity index (χ1n) is 5.48. The van der Waals surface area contributed by atoms with E-state index in [0.717, 1.165) is 12.8 Å². The number of nitrogens with two attached hydrogens (primary N) is 2. The number of aryl methyl sites for hydroxylation is 1. The van der Waals surface area contributed by atoms with Crippen LogP contribution >= 0.6 is 0 Å². The molecule has 1 rings (SSSR count). The molecule has 0 aliphatic rings. The molecule has 90 valence electrons. The summed E-state index contributed by atoms with van der Waals surface area (Å²) in [7, 11) is 0. The van der Waals surface area contributed by atoms with E-state index in [1.165, 1.54) is 6.92 Å². The van der Waals surface area contributed by atoms with Crippen molar-refractivity contribution in [2.45, 2.75) is 32.2 Å². The van der Waals surface area contributed by atoms with Crippen LogP contribution in [0.15, 0.2) is 12.1 Å². The summed E-state index contributed by atoms with van der Waals surface area (Å²) in [5.41, 5.74) is 11.7. The van der Waals surface area contributed by atoms with Crippen LogP contribution in [0.25, 0.3) is 0 Å². The summed E-state index contributed by atoms with van der Waals surface area (Å²) in [5, 5.41) is 0. The molecule has 0 saturated carbocycles. The molecule has 0 aliphatic carbocycles. The molecule has 0 spiro atoms. The Bertz CT molecular complexity index is 353. The molecular formula is C12H18F2N2. The fourth-order valence-electron chi connectivity index (χ4n) is 1.61. The van der Waals surface area contributed by atoms with E-state index in [0.29, 0.717) is 18.5 Å². The van der Waals surface area contributed by atoms with E-state index in [4.69, 9.17) is 11.5 Å². The molecule has 0 heterocycles. The highest BCUT2D eigenvalue weighted by Crippen LogP contribution is 2.23. The second kappa shape index (κ2) is 5.92. The second-order valence-electron chi connectivity index (χ2n) is 3.99. The summed E-state index contributed by atoms with van der Waals surface area (Å²) >= 11 is 0. The molecular weight excluding hydrogens is 210 g/mol. The van der Waals surface area contributed by atoms with Gasteiger partial charge in [-0.3, -0.25) is 0 Å². The van der Waals surface area contributed by atoms with E-state index < -0.39 is 17.7 Å². The maximum Gasteiger partial charge on any atom is 0.163 e. The van der Waals surface area contributed by atoms with Crippen LogP contribution in [0.5, 0.6) is 0 Å². The van der Waals surface area contributed by atoms with Crippen molar-refractivity contribution in [2.24, 2.45) is 11.5 Å². The van der Waals surface area contributed by atoms with E-state index in [-0.39, 0.29) is 5.56 Å². The first-order valence-corrected chi connectivity index (χ1v) is 5.48. The van der Waals surface area contributed by atoms with Crippen molar-refractivity contribution in [1.82, 2.24) is 0 Å². The third-order valence-electron chi connectivity index (χ3n) is 2.67. The Labute approximate surface area is 94.6 Å². The molecule has 2 nitrogen and oxygen atoms in total. The van der Waals surface area contributed by atoms with Gasteiger partial charge in [0.2, 0.25) is 0 Å². The first kappa shape index (κ1) is 13.1. The van der Waals surface area contributed by atoms with Crippen LogP contribution < -0.4 is 11.5 Å². The largest absolute Gasteiger partial charge is 0.330 e. The fourth-order valence-corrected chi connectivity index (χ4v) is 1.61. The van der Waals surface area contributed by atoms with Gasteiger partial charge in [0.15, 0.2) is 11.6 Å². The minimum absolute atomic E-state index is 0.250. The lowest BCUT2D eigenvalue weighted by atomic mass is 10.00. The van der Waals surface area contributed by atoms with Crippen LogP contribution in [0, 0.1) is 18.6 Å². The lowest BCUT2D eigenvalue weighted by Crippen LogP contribution is -2.14. The molecule has 0 saturated heterocycles. The zero-order chi connectivity index (χ0) is 12.1. The maximum atomic E-state index is 13.5. The van der Waals surface area contributed by atoms with Crippen LogP contribution in [-0.2, 0) is 0 Å². The Morgan fingerprint density at radius 2 is 1.88 bits per heavy atom. The van der Waals surface area contributed by atoms with Gasteiger partial charge in [-0.1, -0.05) is 18.6 Å². The smallest absolute Gasteiger partial charge is 0.163 e. The average molecular weight is 228 g/mol. The Morgan fingerprint density at radius 3 is 2.50 bits per heavy atom. The van der Waals surface area contributed by atoms with E-state index in [1.54, 1.807) is 12.1 Å². The maximum absolute atomic E-state index is 13.5. The topological polar surface area (TPSA) is 52.0 Å². The summed E-state index contributed by atoms with van der Waals surface area (Å²) in [6.45, 7) is 2.12. The van der Waals surface area contributed by atoms with Gasteiger partial charge < -0.3 is 11.5 Å². The molecule has 0 amide bonds. The second-order valence-corrected chi connectivity index (χ2v) is 3.99. The molecule has 0 aliphatic heterocycles. The van der Waals surface area contributed by atoms with Crippen molar-refractivity contribution in [3.8, 4) is 0 Å². The van der Waals surface area contributed by atoms with Crippen molar-refractivity contribution in [2.75, 3.05) is 6.54 Å². The number of hydrogen-bond acceptors (Lipinski definition) is 2. The summed E-state index contributed by atoms with van der Waals surface area (Å²) in [5.74, 6) is -1.62. The number of rotatable bonds is 5. The number of hydrogen-bond donors (Lipinski definition) is 2. The Morgan fingerprint density at radius 1 is 1.19 bits per heavy atom. The summed E-state index contributed by atoms with van der Waals surface area (Å²) in [6, 6.07) is 2.65. The van der Waals surface area contributed by atoms with Gasteiger partial charge in [-0.05, 0) is 31.9 Å². The van der Waals surface area contributed by atoms with Crippen LogP contribution in [-0.4, -0.2) is 6.54 Å². The molecule has 1 atom stereocenters. The van der Waals surface area contributed by atoms with E-state index in [1.807, 2.05) is 0 Å². The van der Waals surface area contributed by atoms with Crippen molar-refractivity contribution in [1.29, 1.82) is 0 Å². The van der Waals surface area contributed by atoms with Gasteiger partial charge in [-0.2, -0.15) is 0 Å². The molecule has 0 radical (unpaired) electrons. The van der Waals surface area contributed by atoms with Crippen LogP contribution in [0.4, 0.5) is 8.78 Å². The first-order chi connectivity index (χ1) is 7.57. The Balaban J connectivity index is 2.76. The van der Waals surface area contributed by atoms with E-state index >= 15 is 0 Å². The quantitative estimate of drug-likeness (QED) is 0.760. The molecule has 0 fully saturated rings. The minimum Gasteiger partial charge on any atom is -0.330 e. The van der Waals surface area contributed by atoms with Crippen molar-refractivity contribution in [3.05, 3.63) is 34.9 Å². The van der Waals surface area contributed by atoms with Gasteiger partial charge in [0.25, 0.3) is 0 Å². The normalized spacial score (nSPS) is 12.8. The van der Waals surface area contributed by atoms with Crippen LogP contribution in [0.1, 0.15) is 36.4 Å². The molecule has 0 unspecified atom stereocenters. The van der Waals surface area contributed by atoms with Crippen molar-refractivity contribution < 1.29 is 8.78 Å². The third kappa shape index (κ3) is 3.00. The standard InChI is InChI=1S/C12H18F2N2/c1-8-5-6-9(12(14)11(8)13)10(16)4-2-3-7-15/h5-6,10H,2-4,7,15-16H2,1H3/t10-/m1/s1. The molecule has 16 heavy (non-hydrogen) atoms. The van der Waals surface area contributed by atoms with E-state index in [2.05, 4.69) is 0 Å². The highest BCUT2D eigenvalue weighted by Gasteiger charge is 2.15. The van der Waals surface area contributed by atoms with E-state index in [9.17, 15) is 8.78 Å². The summed E-state index contributed by atoms with van der Waals surface area (Å²) < 4.78 is 26.8. The predicted molar refractivity (Wildman–Crippen MR) is 60.9 cm³/mol. The summed E-state index contributed by atoms with van der Waals surface area (Å²) in [4.78, 5) is 0. The third-order valence-corrected chi connectivity index (χ3v) is 2.67. The van der Waals surface area contributed by atoms with Crippen LogP contribution in [0.2, 0.25) is 0 Å². The van der Waals surface area contributed by atoms with Crippen molar-refractivity contribution in [3.63, 3.8) is 0 Å². The molecule has 1 aromatic carbocycles. The van der Waals surface area contributed by atoms with Gasteiger partial charge in [-0.15, -0.1) is 0 Å². The number of unbranched alkanes of at least 4 members (excludes halogenated alkanes) is 1. The van der Waals surface area contributed by atoms with Gasteiger partial charge in [0.05, 0.1) is 0 Å². The lowest BCUT2D eigenvalue weighted by Gasteiger charge is -2.13. The Hall–Kier alpha value is -1.00. The van der Waals surface area contributed by atoms with Crippen molar-refractivity contribution >= 4 is 0 Å². The molecule has 0 aromatic heterocycles. The zero-order valence-electron chi connectivity index (χ0n) is 9.47. The lowest BCUT2D eigenvalue weighted by molar-refractivity contribution is 0.475. The highest BCUT2D eigenvalue weighted by molar-refractivity contribution is 5.27. The molecule has 0 bridgehead atoms. The monoisotopic (exact) mass is 228 g/mol. The minimum atomic E-state index is -0.819. The molecule has 1 aromatic rings. The fraction of sp³-hybridized carbons (Fsp3) is 0.500. The van der Waals surface area contributed by atoms with Gasteiger partial charge in [-0.25, -0.2) is 8.78 Å². The highest BCUT2D eigenvalue weighted by atomic mass is 19.2. The number of benzene rings is 1. The average Bonchev–Trinajstić information content (AvgIpc) is 2.26.